The highest BCUT2D eigenvalue weighted by Crippen LogP contribution is 2.22. The van der Waals surface area contributed by atoms with Gasteiger partial charge in [-0.1, -0.05) is 25.9 Å². The quantitative estimate of drug-likeness (QED) is 0.832. The summed E-state index contributed by atoms with van der Waals surface area (Å²) < 4.78 is 10.6. The second-order valence-electron chi connectivity index (χ2n) is 7.44. The molecule has 2 N–H and O–H groups in total. The first-order chi connectivity index (χ1) is 10.4. The molecule has 0 aliphatic carbocycles. The van der Waals surface area contributed by atoms with E-state index in [1.54, 1.807) is 0 Å². The predicted octanol–water partition coefficient (Wildman–Crippen LogP) is 2.36. The number of carbonyl (C=O) groups excluding carboxylic acids is 1. The maximum atomic E-state index is 12.1. The molecule has 0 bridgehead atoms. The smallest absolute Gasteiger partial charge is 0.326 e. The summed E-state index contributed by atoms with van der Waals surface area (Å²) in [6.45, 7) is 11.7. The Morgan fingerprint density at radius 3 is 2.35 bits per heavy atom. The van der Waals surface area contributed by atoms with E-state index >= 15 is 0 Å². The molecular formula is C16H26N2O5. The Labute approximate surface area is 136 Å². The summed E-state index contributed by atoms with van der Waals surface area (Å²) in [5.41, 5.74) is -0.572. The Hall–Kier alpha value is -1.89. The number of amides is 1. The number of carboxylic acid groups (broad SMARTS) is 1. The fraction of sp³-hybridized carbons (Fsp3) is 0.688. The van der Waals surface area contributed by atoms with Gasteiger partial charge in [0.25, 0.3) is 5.91 Å². The molecule has 1 heterocycles. The molecule has 0 radical (unpaired) electrons. The number of aromatic nitrogens is 1. The van der Waals surface area contributed by atoms with Crippen LogP contribution in [0.3, 0.4) is 0 Å². The summed E-state index contributed by atoms with van der Waals surface area (Å²) in [6.07, 6.45) is 0.169. The van der Waals surface area contributed by atoms with E-state index in [2.05, 4.69) is 10.5 Å². The van der Waals surface area contributed by atoms with Gasteiger partial charge in [0.05, 0.1) is 5.60 Å². The van der Waals surface area contributed by atoms with E-state index in [1.165, 1.54) is 6.07 Å². The molecule has 0 aliphatic heterocycles. The van der Waals surface area contributed by atoms with Gasteiger partial charge in [-0.15, -0.1) is 0 Å². The minimum absolute atomic E-state index is 0.0675. The van der Waals surface area contributed by atoms with Crippen molar-refractivity contribution in [1.82, 2.24) is 10.5 Å². The van der Waals surface area contributed by atoms with Crippen LogP contribution in [0.4, 0.5) is 0 Å². The van der Waals surface area contributed by atoms with Crippen molar-refractivity contribution in [3.8, 4) is 0 Å². The van der Waals surface area contributed by atoms with Crippen molar-refractivity contribution < 1.29 is 24.0 Å². The van der Waals surface area contributed by atoms with Crippen LogP contribution in [0.25, 0.3) is 0 Å². The lowest BCUT2D eigenvalue weighted by Gasteiger charge is -2.21. The van der Waals surface area contributed by atoms with Crippen molar-refractivity contribution in [2.24, 2.45) is 0 Å². The molecule has 0 aromatic carbocycles. The van der Waals surface area contributed by atoms with E-state index in [4.69, 9.17) is 9.26 Å². The molecule has 0 aliphatic rings. The topological polar surface area (TPSA) is 102 Å². The fourth-order valence-electron chi connectivity index (χ4n) is 1.71. The van der Waals surface area contributed by atoms with Crippen LogP contribution in [0.5, 0.6) is 0 Å². The van der Waals surface area contributed by atoms with Crippen molar-refractivity contribution in [2.75, 3.05) is 6.61 Å². The maximum Gasteiger partial charge on any atom is 0.326 e. The van der Waals surface area contributed by atoms with Crippen molar-refractivity contribution in [3.63, 3.8) is 0 Å². The van der Waals surface area contributed by atoms with Crippen molar-refractivity contribution in [3.05, 3.63) is 17.5 Å². The monoisotopic (exact) mass is 326 g/mol. The van der Waals surface area contributed by atoms with Crippen LogP contribution >= 0.6 is 0 Å². The zero-order valence-electron chi connectivity index (χ0n) is 14.6. The summed E-state index contributed by atoms with van der Waals surface area (Å²) in [4.78, 5) is 23.4. The van der Waals surface area contributed by atoms with Gasteiger partial charge in [-0.2, -0.15) is 0 Å². The number of carboxylic acids is 1. The highest BCUT2D eigenvalue weighted by molar-refractivity contribution is 5.94. The first-order valence-electron chi connectivity index (χ1n) is 7.55. The molecule has 1 unspecified atom stereocenters. The highest BCUT2D eigenvalue weighted by atomic mass is 16.5. The summed E-state index contributed by atoms with van der Waals surface area (Å²) in [6, 6.07) is 0.486. The lowest BCUT2D eigenvalue weighted by atomic mass is 9.93. The number of ether oxygens (including phenoxy) is 1. The largest absolute Gasteiger partial charge is 0.480 e. The minimum atomic E-state index is -1.12. The zero-order valence-corrected chi connectivity index (χ0v) is 14.6. The standard InChI is InChI=1S/C16H26N2O5/c1-15(2,3)12-9-11(18-23-12)13(19)17-10(14(20)21)7-8-22-16(4,5)6/h9-10H,7-8H2,1-6H3,(H,17,19)(H,20,21). The van der Waals surface area contributed by atoms with Crippen LogP contribution in [0, 0.1) is 0 Å². The second kappa shape index (κ2) is 7.12. The Balaban J connectivity index is 2.67. The summed E-state index contributed by atoms with van der Waals surface area (Å²) in [5, 5.41) is 15.4. The first-order valence-corrected chi connectivity index (χ1v) is 7.55. The lowest BCUT2D eigenvalue weighted by molar-refractivity contribution is -0.140. The second-order valence-corrected chi connectivity index (χ2v) is 7.44. The molecule has 0 saturated carbocycles. The number of aliphatic carboxylic acids is 1. The molecular weight excluding hydrogens is 300 g/mol. The number of hydrogen-bond acceptors (Lipinski definition) is 5. The molecule has 1 amide bonds. The van der Waals surface area contributed by atoms with Crippen LogP contribution in [0.2, 0.25) is 0 Å². The number of rotatable bonds is 6. The highest BCUT2D eigenvalue weighted by Gasteiger charge is 2.26. The van der Waals surface area contributed by atoms with E-state index in [9.17, 15) is 14.7 Å². The minimum Gasteiger partial charge on any atom is -0.480 e. The van der Waals surface area contributed by atoms with Crippen molar-refractivity contribution in [2.45, 2.75) is 65.0 Å². The van der Waals surface area contributed by atoms with Crippen LogP contribution in [0.1, 0.15) is 64.2 Å². The number of nitrogens with zero attached hydrogens (tertiary/aromatic N) is 1. The van der Waals surface area contributed by atoms with E-state index in [0.29, 0.717) is 5.76 Å². The summed E-state index contributed by atoms with van der Waals surface area (Å²) >= 11 is 0. The average Bonchev–Trinajstić information content (AvgIpc) is 2.85. The molecule has 0 spiro atoms. The van der Waals surface area contributed by atoms with Crippen LogP contribution in [-0.2, 0) is 14.9 Å². The normalized spacial score (nSPS) is 13.7. The molecule has 0 fully saturated rings. The summed E-state index contributed by atoms with van der Waals surface area (Å²) in [5.74, 6) is -1.13. The third kappa shape index (κ3) is 6.40. The van der Waals surface area contributed by atoms with Crippen molar-refractivity contribution >= 4 is 11.9 Å². The first kappa shape index (κ1) is 19.2. The SMILES string of the molecule is CC(C)(C)OCCC(NC(=O)c1cc(C(C)(C)C)on1)C(=O)O. The Bertz CT molecular complexity index is 552. The summed E-state index contributed by atoms with van der Waals surface area (Å²) in [7, 11) is 0. The van der Waals surface area contributed by atoms with E-state index in [-0.39, 0.29) is 29.7 Å². The molecule has 0 saturated heterocycles. The van der Waals surface area contributed by atoms with E-state index in [1.807, 2.05) is 41.5 Å². The fourth-order valence-corrected chi connectivity index (χ4v) is 1.71. The third-order valence-electron chi connectivity index (χ3n) is 3.03. The van der Waals surface area contributed by atoms with E-state index < -0.39 is 17.9 Å². The number of hydrogen-bond donors (Lipinski definition) is 2. The van der Waals surface area contributed by atoms with Gasteiger partial charge in [-0.3, -0.25) is 4.79 Å². The van der Waals surface area contributed by atoms with Crippen LogP contribution < -0.4 is 5.32 Å². The molecule has 7 heteroatoms. The molecule has 23 heavy (non-hydrogen) atoms. The van der Waals surface area contributed by atoms with Crippen LogP contribution in [0.15, 0.2) is 10.6 Å². The molecule has 1 atom stereocenters. The van der Waals surface area contributed by atoms with Gasteiger partial charge in [0.1, 0.15) is 11.8 Å². The lowest BCUT2D eigenvalue weighted by Crippen LogP contribution is -2.42. The molecule has 7 nitrogen and oxygen atoms in total. The number of nitrogens with one attached hydrogen (secondary N) is 1. The third-order valence-corrected chi connectivity index (χ3v) is 3.03. The average molecular weight is 326 g/mol. The molecule has 1 rings (SSSR count). The predicted molar refractivity (Wildman–Crippen MR) is 84.4 cm³/mol. The molecule has 130 valence electrons. The Morgan fingerprint density at radius 2 is 1.91 bits per heavy atom. The number of carbonyl (C=O) groups is 2. The van der Waals surface area contributed by atoms with Gasteiger partial charge in [0.2, 0.25) is 0 Å². The van der Waals surface area contributed by atoms with Gasteiger partial charge in [0.15, 0.2) is 5.69 Å². The molecule has 1 aromatic heterocycles. The Kier molecular flexibility index (Phi) is 5.93. The zero-order chi connectivity index (χ0) is 17.8. The van der Waals surface area contributed by atoms with Gasteiger partial charge < -0.3 is 19.7 Å². The maximum absolute atomic E-state index is 12.1. The van der Waals surface area contributed by atoms with Gasteiger partial charge in [-0.05, 0) is 20.8 Å². The van der Waals surface area contributed by atoms with Gasteiger partial charge in [0, 0.05) is 24.5 Å². The molecule has 1 aromatic rings. The van der Waals surface area contributed by atoms with Gasteiger partial charge >= 0.3 is 5.97 Å². The van der Waals surface area contributed by atoms with Crippen molar-refractivity contribution in [1.29, 1.82) is 0 Å². The Morgan fingerprint density at radius 1 is 1.30 bits per heavy atom. The van der Waals surface area contributed by atoms with E-state index in [0.717, 1.165) is 0 Å². The van der Waals surface area contributed by atoms with Gasteiger partial charge in [-0.25, -0.2) is 4.79 Å². The van der Waals surface area contributed by atoms with Crippen LogP contribution in [-0.4, -0.2) is 40.4 Å².